The van der Waals surface area contributed by atoms with Gasteiger partial charge in [0.2, 0.25) is 0 Å². The fraction of sp³-hybridized carbons (Fsp3) is 0.571. The van der Waals surface area contributed by atoms with E-state index in [-0.39, 0.29) is 11.3 Å². The highest BCUT2D eigenvalue weighted by Crippen LogP contribution is 2.25. The van der Waals surface area contributed by atoms with E-state index in [1.54, 1.807) is 11.8 Å². The Morgan fingerprint density at radius 3 is 2.70 bits per heavy atom. The highest BCUT2D eigenvalue weighted by atomic mass is 32.2. The summed E-state index contributed by atoms with van der Waals surface area (Å²) in [6.45, 7) is 1.59. The van der Waals surface area contributed by atoms with Gasteiger partial charge in [-0.05, 0) is 11.3 Å². The highest BCUT2D eigenvalue weighted by molar-refractivity contribution is 8.00. The van der Waals surface area contributed by atoms with Crippen LogP contribution in [-0.2, 0) is 9.84 Å². The van der Waals surface area contributed by atoms with Crippen molar-refractivity contribution >= 4 is 34.2 Å². The van der Waals surface area contributed by atoms with Crippen molar-refractivity contribution in [3.63, 3.8) is 0 Å². The van der Waals surface area contributed by atoms with Crippen LogP contribution >= 0.6 is 24.4 Å². The average molecular weight is 332 g/mol. The van der Waals surface area contributed by atoms with Gasteiger partial charge in [0.1, 0.15) is 5.37 Å². The van der Waals surface area contributed by atoms with Gasteiger partial charge in [-0.2, -0.15) is 24.4 Å². The molecule has 0 spiro atoms. The Kier molecular flexibility index (Phi) is 5.84. The first-order valence-electron chi connectivity index (χ1n) is 6.69. The molecule has 1 aliphatic rings. The molecule has 2 atom stereocenters. The quantitative estimate of drug-likeness (QED) is 0.839. The van der Waals surface area contributed by atoms with Crippen LogP contribution in [0.5, 0.6) is 0 Å². The van der Waals surface area contributed by atoms with Gasteiger partial charge < -0.3 is 0 Å². The van der Waals surface area contributed by atoms with E-state index in [0.29, 0.717) is 5.75 Å². The molecule has 0 N–H and O–H groups in total. The van der Waals surface area contributed by atoms with Crippen LogP contribution in [0.4, 0.5) is 0 Å². The van der Waals surface area contributed by atoms with Crippen LogP contribution in [-0.4, -0.2) is 55.3 Å². The number of thioether (sulfide) groups is 1. The van der Waals surface area contributed by atoms with Crippen LogP contribution in [0.3, 0.4) is 0 Å². The molecule has 20 heavy (non-hydrogen) atoms. The van der Waals surface area contributed by atoms with Gasteiger partial charge in [-0.3, -0.25) is 4.90 Å². The molecule has 3 nitrogen and oxygen atoms in total. The number of nitrogens with zero attached hydrogens (tertiary/aromatic N) is 1. The molecule has 2 unspecified atom stereocenters. The largest absolute Gasteiger partial charge is 0.285 e. The predicted molar refractivity (Wildman–Crippen MR) is 90.6 cm³/mol. The lowest BCUT2D eigenvalue weighted by Gasteiger charge is -2.36. The summed E-state index contributed by atoms with van der Waals surface area (Å²) in [5, 5.41) is -0.354. The van der Waals surface area contributed by atoms with E-state index in [1.807, 2.05) is 18.2 Å². The lowest BCUT2D eigenvalue weighted by molar-refractivity contribution is 0.259. The van der Waals surface area contributed by atoms with Gasteiger partial charge in [-0.15, -0.1) is 0 Å². The lowest BCUT2D eigenvalue weighted by Crippen LogP contribution is -2.48. The first kappa shape index (κ1) is 16.2. The Balaban J connectivity index is 2.13. The van der Waals surface area contributed by atoms with Gasteiger partial charge in [0, 0.05) is 36.8 Å². The third kappa shape index (κ3) is 4.16. The van der Waals surface area contributed by atoms with E-state index >= 15 is 0 Å². The Morgan fingerprint density at radius 2 is 2.10 bits per heavy atom. The summed E-state index contributed by atoms with van der Waals surface area (Å²) in [5.74, 6) is 2.67. The fourth-order valence-corrected chi connectivity index (χ4v) is 5.77. The second-order valence-electron chi connectivity index (χ2n) is 5.14. The van der Waals surface area contributed by atoms with E-state index < -0.39 is 9.84 Å². The molecule has 0 bridgehead atoms. The van der Waals surface area contributed by atoms with Crippen molar-refractivity contribution < 1.29 is 8.42 Å². The molecule has 0 saturated carbocycles. The molecule has 0 aliphatic carbocycles. The van der Waals surface area contributed by atoms with Crippen LogP contribution in [0.2, 0.25) is 0 Å². The molecule has 0 radical (unpaired) electrons. The monoisotopic (exact) mass is 331 g/mol. The number of sulfone groups is 1. The third-order valence-corrected chi connectivity index (χ3v) is 6.76. The van der Waals surface area contributed by atoms with Crippen molar-refractivity contribution in [3.8, 4) is 0 Å². The highest BCUT2D eigenvalue weighted by Gasteiger charge is 2.32. The van der Waals surface area contributed by atoms with Crippen molar-refractivity contribution in [2.75, 3.05) is 36.6 Å². The maximum Gasteiger partial charge on any atom is 0.164 e. The summed E-state index contributed by atoms with van der Waals surface area (Å²) in [6, 6.07) is 10.2. The van der Waals surface area contributed by atoms with Crippen LogP contribution in [0.15, 0.2) is 30.3 Å². The maximum atomic E-state index is 11.9. The van der Waals surface area contributed by atoms with E-state index in [0.717, 1.165) is 24.6 Å². The predicted octanol–water partition coefficient (Wildman–Crippen LogP) is 2.12. The second kappa shape index (κ2) is 7.20. The van der Waals surface area contributed by atoms with Crippen LogP contribution in [0, 0.1) is 0 Å². The summed E-state index contributed by atoms with van der Waals surface area (Å²) >= 11 is 6.17. The Hall–Kier alpha value is -0.170. The second-order valence-corrected chi connectivity index (χ2v) is 8.86. The molecule has 1 aromatic rings. The summed E-state index contributed by atoms with van der Waals surface area (Å²) in [6.07, 6.45) is 1.34. The number of hydrogen-bond acceptors (Lipinski definition) is 5. The Labute approximate surface area is 131 Å². The number of benzene rings is 1. The Bertz CT molecular complexity index is 518. The Morgan fingerprint density at radius 1 is 1.40 bits per heavy atom. The van der Waals surface area contributed by atoms with Crippen LogP contribution in [0.1, 0.15) is 11.5 Å². The standard InChI is InChI=1S/C14H21NO2S3/c1-20(16,17)14-11-19-8-7-15(14)9-13(10-18)12-5-3-2-4-6-12/h2-6,13-14,18H,7-11H2,1H3. The molecule has 112 valence electrons. The number of rotatable bonds is 5. The smallest absolute Gasteiger partial charge is 0.164 e. The molecule has 2 rings (SSSR count). The van der Waals surface area contributed by atoms with Crippen LogP contribution < -0.4 is 0 Å². The lowest BCUT2D eigenvalue weighted by atomic mass is 10.0. The molecular weight excluding hydrogens is 310 g/mol. The van der Waals surface area contributed by atoms with Crippen LogP contribution in [0.25, 0.3) is 0 Å². The van der Waals surface area contributed by atoms with Crippen molar-refractivity contribution in [2.24, 2.45) is 0 Å². The maximum absolute atomic E-state index is 11.9. The summed E-state index contributed by atoms with van der Waals surface area (Å²) in [7, 11) is -3.03. The van der Waals surface area contributed by atoms with E-state index in [1.165, 1.54) is 11.8 Å². The molecule has 1 heterocycles. The number of hydrogen-bond donors (Lipinski definition) is 1. The minimum Gasteiger partial charge on any atom is -0.285 e. The third-order valence-electron chi connectivity index (χ3n) is 3.63. The van der Waals surface area contributed by atoms with Gasteiger partial charge in [0.05, 0.1) is 0 Å². The zero-order chi connectivity index (χ0) is 14.6. The van der Waals surface area contributed by atoms with Crippen molar-refractivity contribution in [1.29, 1.82) is 0 Å². The first-order valence-corrected chi connectivity index (χ1v) is 10.4. The molecule has 1 fully saturated rings. The summed E-state index contributed by atoms with van der Waals surface area (Å²) < 4.78 is 23.9. The SMILES string of the molecule is CS(=O)(=O)C1CSCCN1CC(CS)c1ccccc1. The molecule has 1 saturated heterocycles. The average Bonchev–Trinajstić information content (AvgIpc) is 2.45. The van der Waals surface area contributed by atoms with E-state index in [4.69, 9.17) is 0 Å². The molecule has 1 aromatic carbocycles. The zero-order valence-corrected chi connectivity index (χ0v) is 14.1. The molecule has 1 aliphatic heterocycles. The molecule has 0 amide bonds. The minimum absolute atomic E-state index is 0.270. The molecule has 0 aromatic heterocycles. The van der Waals surface area contributed by atoms with Gasteiger partial charge in [0.15, 0.2) is 9.84 Å². The minimum atomic E-state index is -3.03. The first-order chi connectivity index (χ1) is 9.52. The molecular formula is C14H21NO2S3. The normalized spacial score (nSPS) is 22.6. The van der Waals surface area contributed by atoms with Gasteiger partial charge in [0.25, 0.3) is 0 Å². The van der Waals surface area contributed by atoms with Crippen molar-refractivity contribution in [1.82, 2.24) is 4.90 Å². The fourth-order valence-electron chi connectivity index (χ4n) is 2.50. The van der Waals surface area contributed by atoms with E-state index in [9.17, 15) is 8.42 Å². The van der Waals surface area contributed by atoms with E-state index in [2.05, 4.69) is 29.7 Å². The topological polar surface area (TPSA) is 37.4 Å². The van der Waals surface area contributed by atoms with Gasteiger partial charge in [-0.25, -0.2) is 8.42 Å². The van der Waals surface area contributed by atoms with Crippen molar-refractivity contribution in [2.45, 2.75) is 11.3 Å². The van der Waals surface area contributed by atoms with Gasteiger partial charge in [-0.1, -0.05) is 30.3 Å². The molecule has 6 heteroatoms. The summed E-state index contributed by atoms with van der Waals surface area (Å²) in [5.41, 5.74) is 1.23. The van der Waals surface area contributed by atoms with Crippen molar-refractivity contribution in [3.05, 3.63) is 35.9 Å². The van der Waals surface area contributed by atoms with Gasteiger partial charge >= 0.3 is 0 Å². The summed E-state index contributed by atoms with van der Waals surface area (Å²) in [4.78, 5) is 2.11. The zero-order valence-electron chi connectivity index (χ0n) is 11.6. The number of thiol groups is 1.